The zero-order valence-corrected chi connectivity index (χ0v) is 13.6. The number of aromatic amines is 1. The van der Waals surface area contributed by atoms with E-state index >= 15 is 0 Å². The SMILES string of the molecule is C#CC(=C\C=C/C)/C=C/C(=O)N(Cc1cccs1)c1ccn[nH]1. The number of H-pyrrole nitrogens is 1. The smallest absolute Gasteiger partial charge is 0.252 e. The number of hydrogen-bond donors (Lipinski definition) is 1. The number of aromatic nitrogens is 2. The van der Waals surface area contributed by atoms with E-state index in [0.717, 1.165) is 4.88 Å². The maximum Gasteiger partial charge on any atom is 0.252 e. The predicted molar refractivity (Wildman–Crippen MR) is 95.0 cm³/mol. The molecule has 2 aromatic heterocycles. The van der Waals surface area contributed by atoms with Crippen molar-refractivity contribution in [2.24, 2.45) is 0 Å². The molecule has 2 heterocycles. The van der Waals surface area contributed by atoms with Gasteiger partial charge in [-0.05, 0) is 30.5 Å². The first kappa shape index (κ1) is 16.5. The number of nitrogens with zero attached hydrogens (tertiary/aromatic N) is 2. The van der Waals surface area contributed by atoms with Gasteiger partial charge in [0.2, 0.25) is 0 Å². The zero-order chi connectivity index (χ0) is 16.5. The van der Waals surface area contributed by atoms with Gasteiger partial charge in [0.25, 0.3) is 5.91 Å². The maximum atomic E-state index is 12.5. The standard InChI is InChI=1S/C18H17N3OS/c1-3-5-7-15(4-2)9-10-18(22)21(17-11-12-19-20-17)14-16-8-6-13-23-16/h2-3,5-13H,14H2,1H3,(H,19,20)/b5-3-,10-9+,15-7+. The highest BCUT2D eigenvalue weighted by Gasteiger charge is 2.15. The highest BCUT2D eigenvalue weighted by atomic mass is 32.1. The largest absolute Gasteiger partial charge is 0.288 e. The first-order valence-corrected chi connectivity index (χ1v) is 7.93. The Hall–Kier alpha value is -2.84. The lowest BCUT2D eigenvalue weighted by molar-refractivity contribution is -0.114. The molecule has 0 aliphatic heterocycles. The van der Waals surface area contributed by atoms with Crippen LogP contribution in [0.5, 0.6) is 0 Å². The highest BCUT2D eigenvalue weighted by Crippen LogP contribution is 2.18. The third kappa shape index (κ3) is 4.83. The molecule has 2 aromatic rings. The van der Waals surface area contributed by atoms with Crippen LogP contribution in [0, 0.1) is 12.3 Å². The van der Waals surface area contributed by atoms with Gasteiger partial charge in [-0.2, -0.15) is 5.10 Å². The molecule has 2 rings (SSSR count). The Labute approximate surface area is 139 Å². The van der Waals surface area contributed by atoms with E-state index < -0.39 is 0 Å². The monoisotopic (exact) mass is 323 g/mol. The molecule has 0 aliphatic carbocycles. The second-order valence-electron chi connectivity index (χ2n) is 4.57. The van der Waals surface area contributed by atoms with E-state index in [4.69, 9.17) is 6.42 Å². The molecule has 116 valence electrons. The van der Waals surface area contributed by atoms with Crippen LogP contribution in [0.3, 0.4) is 0 Å². The van der Waals surface area contributed by atoms with Gasteiger partial charge in [-0.1, -0.05) is 24.1 Å². The molecule has 0 bridgehead atoms. The third-order valence-electron chi connectivity index (χ3n) is 2.98. The Kier molecular flexibility index (Phi) is 6.16. The van der Waals surface area contributed by atoms with Crippen LogP contribution in [0.1, 0.15) is 11.8 Å². The summed E-state index contributed by atoms with van der Waals surface area (Å²) in [6.45, 7) is 2.38. The fourth-order valence-electron chi connectivity index (χ4n) is 1.84. The van der Waals surface area contributed by atoms with E-state index in [0.29, 0.717) is 17.9 Å². The van der Waals surface area contributed by atoms with Crippen molar-refractivity contribution >= 4 is 23.1 Å². The number of carbonyl (C=O) groups excluding carboxylic acids is 1. The van der Waals surface area contributed by atoms with Gasteiger partial charge in [0.05, 0.1) is 12.7 Å². The van der Waals surface area contributed by atoms with Gasteiger partial charge in [-0.15, -0.1) is 17.8 Å². The van der Waals surface area contributed by atoms with Crippen molar-refractivity contribution < 1.29 is 4.79 Å². The van der Waals surface area contributed by atoms with Crippen molar-refractivity contribution in [3.8, 4) is 12.3 Å². The fraction of sp³-hybridized carbons (Fsp3) is 0.111. The van der Waals surface area contributed by atoms with Gasteiger partial charge in [0, 0.05) is 22.6 Å². The summed E-state index contributed by atoms with van der Waals surface area (Å²) in [5.41, 5.74) is 0.636. The second-order valence-corrected chi connectivity index (χ2v) is 5.60. The molecule has 4 nitrogen and oxygen atoms in total. The molecule has 0 saturated heterocycles. The lowest BCUT2D eigenvalue weighted by Crippen LogP contribution is -2.28. The normalized spacial score (nSPS) is 11.9. The van der Waals surface area contributed by atoms with E-state index in [1.165, 1.54) is 6.08 Å². The maximum absolute atomic E-state index is 12.5. The molecular weight excluding hydrogens is 306 g/mol. The Balaban J connectivity index is 2.18. The second kappa shape index (κ2) is 8.57. The molecule has 1 N–H and O–H groups in total. The third-order valence-corrected chi connectivity index (χ3v) is 3.84. The molecule has 0 aromatic carbocycles. The molecule has 0 saturated carbocycles. The van der Waals surface area contributed by atoms with E-state index in [-0.39, 0.29) is 5.91 Å². The molecule has 5 heteroatoms. The number of nitrogens with one attached hydrogen (secondary N) is 1. The van der Waals surface area contributed by atoms with Crippen molar-refractivity contribution in [2.75, 3.05) is 4.90 Å². The number of rotatable bonds is 6. The van der Waals surface area contributed by atoms with Gasteiger partial charge < -0.3 is 0 Å². The summed E-state index contributed by atoms with van der Waals surface area (Å²) >= 11 is 1.60. The van der Waals surface area contributed by atoms with Crippen molar-refractivity contribution in [1.29, 1.82) is 0 Å². The molecule has 1 amide bonds. The average Bonchev–Trinajstić information content (AvgIpc) is 3.26. The van der Waals surface area contributed by atoms with Crippen LogP contribution in [0.2, 0.25) is 0 Å². The van der Waals surface area contributed by atoms with Crippen LogP contribution in [0.15, 0.2) is 65.7 Å². The molecule has 0 unspecified atom stereocenters. The minimum absolute atomic E-state index is 0.163. The summed E-state index contributed by atoms with van der Waals surface area (Å²) in [5.74, 6) is 3.03. The molecule has 0 aliphatic rings. The number of terminal acetylenes is 1. The van der Waals surface area contributed by atoms with Crippen molar-refractivity contribution in [3.63, 3.8) is 0 Å². The quantitative estimate of drug-likeness (QED) is 0.501. The van der Waals surface area contributed by atoms with Gasteiger partial charge >= 0.3 is 0 Å². The fourth-order valence-corrected chi connectivity index (χ4v) is 2.53. The van der Waals surface area contributed by atoms with Gasteiger partial charge in [0.1, 0.15) is 5.82 Å². The van der Waals surface area contributed by atoms with E-state index in [1.54, 1.807) is 40.7 Å². The van der Waals surface area contributed by atoms with E-state index in [1.807, 2.05) is 36.6 Å². The van der Waals surface area contributed by atoms with Crippen LogP contribution in [0.25, 0.3) is 0 Å². The lowest BCUT2D eigenvalue weighted by atomic mass is 10.2. The van der Waals surface area contributed by atoms with Crippen LogP contribution < -0.4 is 4.90 Å². The summed E-state index contributed by atoms with van der Waals surface area (Å²) in [7, 11) is 0. The van der Waals surface area contributed by atoms with Gasteiger partial charge in [-0.25, -0.2) is 0 Å². The summed E-state index contributed by atoms with van der Waals surface area (Å²) in [5, 5.41) is 8.72. The summed E-state index contributed by atoms with van der Waals surface area (Å²) in [4.78, 5) is 15.3. The minimum atomic E-state index is -0.163. The van der Waals surface area contributed by atoms with Crippen molar-refractivity contribution in [1.82, 2.24) is 10.2 Å². The van der Waals surface area contributed by atoms with E-state index in [2.05, 4.69) is 16.1 Å². The number of hydrogen-bond acceptors (Lipinski definition) is 3. The number of thiophene rings is 1. The van der Waals surface area contributed by atoms with Crippen LogP contribution >= 0.6 is 11.3 Å². The summed E-state index contributed by atoms with van der Waals surface area (Å²) in [6, 6.07) is 5.71. The lowest BCUT2D eigenvalue weighted by Gasteiger charge is -2.18. The topological polar surface area (TPSA) is 49.0 Å². The molecule has 23 heavy (non-hydrogen) atoms. The Morgan fingerprint density at radius 1 is 1.48 bits per heavy atom. The minimum Gasteiger partial charge on any atom is -0.288 e. The van der Waals surface area contributed by atoms with Gasteiger partial charge in [-0.3, -0.25) is 14.8 Å². The summed E-state index contributed by atoms with van der Waals surface area (Å²) < 4.78 is 0. The Morgan fingerprint density at radius 2 is 2.35 bits per heavy atom. The highest BCUT2D eigenvalue weighted by molar-refractivity contribution is 7.09. The zero-order valence-electron chi connectivity index (χ0n) is 12.8. The molecular formula is C18H17N3OS. The predicted octanol–water partition coefficient (Wildman–Crippen LogP) is 3.70. The van der Waals surface area contributed by atoms with Crippen LogP contribution in [0.4, 0.5) is 5.82 Å². The Bertz CT molecular complexity index is 747. The number of carbonyl (C=O) groups is 1. The number of amides is 1. The number of anilines is 1. The van der Waals surface area contributed by atoms with Crippen molar-refractivity contribution in [2.45, 2.75) is 13.5 Å². The van der Waals surface area contributed by atoms with Crippen LogP contribution in [-0.4, -0.2) is 16.1 Å². The first-order valence-electron chi connectivity index (χ1n) is 7.05. The van der Waals surface area contributed by atoms with Crippen molar-refractivity contribution in [3.05, 3.63) is 70.6 Å². The average molecular weight is 323 g/mol. The molecule has 0 radical (unpaired) electrons. The summed E-state index contributed by atoms with van der Waals surface area (Å²) in [6.07, 6.45) is 15.7. The molecule has 0 atom stereocenters. The van der Waals surface area contributed by atoms with Gasteiger partial charge in [0.15, 0.2) is 0 Å². The van der Waals surface area contributed by atoms with E-state index in [9.17, 15) is 4.79 Å². The Morgan fingerprint density at radius 3 is 2.96 bits per heavy atom. The first-order chi connectivity index (χ1) is 11.2. The molecule has 0 spiro atoms. The van der Waals surface area contributed by atoms with Crippen LogP contribution in [-0.2, 0) is 11.3 Å². The number of allylic oxidation sites excluding steroid dienone is 5. The molecule has 0 fully saturated rings.